The number of hydrogen-bond acceptors (Lipinski definition) is 3. The summed E-state index contributed by atoms with van der Waals surface area (Å²) in [5.41, 5.74) is 0. The van der Waals surface area contributed by atoms with Crippen LogP contribution >= 0.6 is 0 Å². The van der Waals surface area contributed by atoms with Crippen molar-refractivity contribution in [2.24, 2.45) is 0 Å². The molecule has 4 nitrogen and oxygen atoms in total. The molecule has 0 bridgehead atoms. The van der Waals surface area contributed by atoms with Crippen molar-refractivity contribution in [3.63, 3.8) is 0 Å². The van der Waals surface area contributed by atoms with Crippen molar-refractivity contribution in [2.45, 2.75) is 193 Å². The highest BCUT2D eigenvalue weighted by Crippen LogP contribution is 2.14. The van der Waals surface area contributed by atoms with Crippen molar-refractivity contribution in [3.8, 4) is 0 Å². The first-order valence-electron chi connectivity index (χ1n) is 17.6. The quantitative estimate of drug-likeness (QED) is 0.0580. The maximum Gasteiger partial charge on any atom is 0.220 e. The van der Waals surface area contributed by atoms with Crippen molar-refractivity contribution in [2.75, 3.05) is 6.61 Å². The van der Waals surface area contributed by atoms with Crippen LogP contribution in [0.5, 0.6) is 0 Å². The monoisotopic (exact) mass is 564 g/mol. The molecule has 3 N–H and O–H groups in total. The summed E-state index contributed by atoms with van der Waals surface area (Å²) in [6.45, 7) is 4.27. The number of carbonyl (C=O) groups is 1. The standard InChI is InChI=1S/C36H69NO3/c1-3-5-7-9-11-13-15-17-18-20-22-24-26-28-30-32-36(40)37-34(33-38)35(39)31-29-27-25-23-21-19-16-14-12-10-8-6-4-2/h21,23,29,31,34-35,38-39H,3-20,22,24-28,30,32-33H2,1-2H3,(H,37,40)/b23-21-,31-29+/t34-,35+/m0/s1. The van der Waals surface area contributed by atoms with Gasteiger partial charge in [0.25, 0.3) is 0 Å². The first-order chi connectivity index (χ1) is 19.7. The smallest absolute Gasteiger partial charge is 0.220 e. The zero-order chi connectivity index (χ0) is 29.4. The van der Waals surface area contributed by atoms with E-state index in [1.807, 2.05) is 6.08 Å². The fourth-order valence-electron chi connectivity index (χ4n) is 5.19. The Morgan fingerprint density at radius 3 is 1.45 bits per heavy atom. The summed E-state index contributed by atoms with van der Waals surface area (Å²) in [7, 11) is 0. The molecular formula is C36H69NO3. The van der Waals surface area contributed by atoms with Crippen molar-refractivity contribution < 1.29 is 15.0 Å². The molecule has 0 saturated carbocycles. The molecule has 0 aliphatic carbocycles. The average Bonchev–Trinajstić information content (AvgIpc) is 2.96. The topological polar surface area (TPSA) is 69.6 Å². The van der Waals surface area contributed by atoms with Gasteiger partial charge in [0.15, 0.2) is 0 Å². The number of nitrogens with one attached hydrogen (secondary N) is 1. The second kappa shape index (κ2) is 32.4. The lowest BCUT2D eigenvalue weighted by Gasteiger charge is -2.19. The zero-order valence-corrected chi connectivity index (χ0v) is 26.9. The Bertz CT molecular complexity index is 574. The zero-order valence-electron chi connectivity index (χ0n) is 26.9. The van der Waals surface area contributed by atoms with E-state index in [0.717, 1.165) is 32.1 Å². The predicted molar refractivity (Wildman–Crippen MR) is 175 cm³/mol. The summed E-state index contributed by atoms with van der Waals surface area (Å²) in [5.74, 6) is -0.0745. The third kappa shape index (κ3) is 28.4. The second-order valence-electron chi connectivity index (χ2n) is 11.9. The summed E-state index contributed by atoms with van der Waals surface area (Å²) in [6, 6.07) is -0.632. The summed E-state index contributed by atoms with van der Waals surface area (Å²) in [4.78, 5) is 12.3. The van der Waals surface area contributed by atoms with Gasteiger partial charge in [0.05, 0.1) is 18.8 Å². The lowest BCUT2D eigenvalue weighted by atomic mass is 10.0. The second-order valence-corrected chi connectivity index (χ2v) is 11.9. The van der Waals surface area contributed by atoms with E-state index in [-0.39, 0.29) is 12.5 Å². The van der Waals surface area contributed by atoms with Crippen LogP contribution in [0.15, 0.2) is 24.3 Å². The van der Waals surface area contributed by atoms with Gasteiger partial charge in [-0.05, 0) is 32.1 Å². The van der Waals surface area contributed by atoms with Gasteiger partial charge < -0.3 is 15.5 Å². The molecule has 0 fully saturated rings. The molecule has 0 aliphatic heterocycles. The summed E-state index contributed by atoms with van der Waals surface area (Å²) >= 11 is 0. The maximum atomic E-state index is 12.3. The molecule has 0 spiro atoms. The number of allylic oxidation sites excluding steroid dienone is 3. The van der Waals surface area contributed by atoms with Gasteiger partial charge in [-0.3, -0.25) is 4.79 Å². The van der Waals surface area contributed by atoms with Gasteiger partial charge in [0.2, 0.25) is 5.91 Å². The van der Waals surface area contributed by atoms with E-state index in [2.05, 4.69) is 31.3 Å². The van der Waals surface area contributed by atoms with Crippen LogP contribution in [0.3, 0.4) is 0 Å². The number of carbonyl (C=O) groups excluding carboxylic acids is 1. The van der Waals surface area contributed by atoms with Gasteiger partial charge >= 0.3 is 0 Å². The molecule has 0 aromatic rings. The molecule has 4 heteroatoms. The van der Waals surface area contributed by atoms with Crippen LogP contribution < -0.4 is 5.32 Å². The van der Waals surface area contributed by atoms with E-state index in [0.29, 0.717) is 6.42 Å². The minimum Gasteiger partial charge on any atom is -0.394 e. The highest BCUT2D eigenvalue weighted by Gasteiger charge is 2.17. The van der Waals surface area contributed by atoms with Crippen molar-refractivity contribution in [3.05, 3.63) is 24.3 Å². The van der Waals surface area contributed by atoms with Crippen LogP contribution in [-0.4, -0.2) is 34.9 Å². The lowest BCUT2D eigenvalue weighted by molar-refractivity contribution is -0.123. The van der Waals surface area contributed by atoms with E-state index in [4.69, 9.17) is 0 Å². The fourth-order valence-corrected chi connectivity index (χ4v) is 5.19. The molecule has 0 aliphatic rings. The third-order valence-electron chi connectivity index (χ3n) is 7.94. The number of hydrogen-bond donors (Lipinski definition) is 3. The van der Waals surface area contributed by atoms with Crippen LogP contribution in [0.2, 0.25) is 0 Å². The summed E-state index contributed by atoms with van der Waals surface area (Å²) in [6.07, 6.45) is 39.7. The molecule has 236 valence electrons. The number of unbranched alkanes of at least 4 members (excludes halogenated alkanes) is 22. The molecule has 40 heavy (non-hydrogen) atoms. The molecular weight excluding hydrogens is 494 g/mol. The third-order valence-corrected chi connectivity index (χ3v) is 7.94. The Balaban J connectivity index is 3.66. The largest absolute Gasteiger partial charge is 0.394 e. The maximum absolute atomic E-state index is 12.3. The minimum atomic E-state index is -0.855. The highest BCUT2D eigenvalue weighted by atomic mass is 16.3. The Hall–Kier alpha value is -1.13. The van der Waals surface area contributed by atoms with E-state index in [1.165, 1.54) is 128 Å². The number of amides is 1. The number of aliphatic hydroxyl groups is 2. The minimum absolute atomic E-state index is 0.0745. The lowest BCUT2D eigenvalue weighted by Crippen LogP contribution is -2.45. The van der Waals surface area contributed by atoms with Gasteiger partial charge in [-0.25, -0.2) is 0 Å². The fraction of sp³-hybridized carbons (Fsp3) is 0.861. The van der Waals surface area contributed by atoms with Gasteiger partial charge in [-0.1, -0.05) is 167 Å². The van der Waals surface area contributed by atoms with Crippen LogP contribution in [0.1, 0.15) is 181 Å². The summed E-state index contributed by atoms with van der Waals surface area (Å²) in [5, 5.41) is 22.8. The van der Waals surface area contributed by atoms with Crippen molar-refractivity contribution in [1.82, 2.24) is 5.32 Å². The Kier molecular flexibility index (Phi) is 31.5. The molecule has 0 aromatic carbocycles. The van der Waals surface area contributed by atoms with E-state index in [1.54, 1.807) is 6.08 Å². The molecule has 0 aromatic heterocycles. The SMILES string of the molecule is CCCCCCCCC/C=C\CC/C=C/[C@@H](O)[C@H](CO)NC(=O)CCCCCCCCCCCCCCCCC. The highest BCUT2D eigenvalue weighted by molar-refractivity contribution is 5.76. The summed E-state index contributed by atoms with van der Waals surface area (Å²) < 4.78 is 0. The van der Waals surface area contributed by atoms with E-state index < -0.39 is 12.1 Å². The van der Waals surface area contributed by atoms with Crippen LogP contribution in [-0.2, 0) is 4.79 Å². The van der Waals surface area contributed by atoms with Gasteiger partial charge in [0.1, 0.15) is 0 Å². The molecule has 0 unspecified atom stereocenters. The predicted octanol–water partition coefficient (Wildman–Crippen LogP) is 10.1. The van der Waals surface area contributed by atoms with Crippen LogP contribution in [0.25, 0.3) is 0 Å². The molecule has 0 saturated heterocycles. The molecule has 0 rings (SSSR count). The van der Waals surface area contributed by atoms with Crippen molar-refractivity contribution >= 4 is 5.91 Å². The number of rotatable bonds is 31. The van der Waals surface area contributed by atoms with Gasteiger partial charge in [0, 0.05) is 6.42 Å². The Morgan fingerprint density at radius 2 is 0.975 bits per heavy atom. The molecule has 0 radical (unpaired) electrons. The first kappa shape index (κ1) is 38.9. The molecule has 2 atom stereocenters. The van der Waals surface area contributed by atoms with Gasteiger partial charge in [-0.2, -0.15) is 0 Å². The van der Waals surface area contributed by atoms with Crippen molar-refractivity contribution in [1.29, 1.82) is 0 Å². The van der Waals surface area contributed by atoms with E-state index >= 15 is 0 Å². The van der Waals surface area contributed by atoms with E-state index in [9.17, 15) is 15.0 Å². The molecule has 1 amide bonds. The first-order valence-corrected chi connectivity index (χ1v) is 17.6. The normalized spacial score (nSPS) is 13.4. The average molecular weight is 564 g/mol. The van der Waals surface area contributed by atoms with Crippen LogP contribution in [0, 0.1) is 0 Å². The van der Waals surface area contributed by atoms with Crippen LogP contribution in [0.4, 0.5) is 0 Å². The number of aliphatic hydroxyl groups excluding tert-OH is 2. The Morgan fingerprint density at radius 1 is 0.575 bits per heavy atom. The Labute approximate surface area is 249 Å². The molecule has 0 heterocycles. The van der Waals surface area contributed by atoms with Gasteiger partial charge in [-0.15, -0.1) is 0 Å².